The van der Waals surface area contributed by atoms with Crippen molar-refractivity contribution in [2.45, 2.75) is 31.7 Å². The Hall–Kier alpha value is -0.520. The molecule has 1 aliphatic rings. The highest BCUT2D eigenvalue weighted by atomic mass is 16.3. The molecule has 0 aliphatic carbocycles. The molecule has 0 radical (unpaired) electrons. The van der Waals surface area contributed by atoms with Crippen LogP contribution in [0.4, 0.5) is 0 Å². The third kappa shape index (κ3) is 2.51. The summed E-state index contributed by atoms with van der Waals surface area (Å²) >= 11 is 0. The number of rotatable bonds is 3. The average Bonchev–Trinajstić information content (AvgIpc) is 2.15. The van der Waals surface area contributed by atoms with Crippen LogP contribution in [0.25, 0.3) is 0 Å². The van der Waals surface area contributed by atoms with Crippen LogP contribution in [0.3, 0.4) is 0 Å². The number of aliphatic hydroxyl groups is 1. The van der Waals surface area contributed by atoms with Crippen LogP contribution >= 0.6 is 0 Å². The van der Waals surface area contributed by atoms with Gasteiger partial charge in [0.15, 0.2) is 0 Å². The third-order valence-corrected chi connectivity index (χ3v) is 2.43. The molecule has 12 heavy (non-hydrogen) atoms. The van der Waals surface area contributed by atoms with Gasteiger partial charge in [-0.05, 0) is 32.4 Å². The molecule has 0 unspecified atom stereocenters. The minimum absolute atomic E-state index is 0.162. The molecule has 0 aromatic rings. The van der Waals surface area contributed by atoms with Gasteiger partial charge < -0.3 is 5.11 Å². The zero-order valence-corrected chi connectivity index (χ0v) is 7.50. The van der Waals surface area contributed by atoms with Crippen LogP contribution in [0.15, 0.2) is 0 Å². The van der Waals surface area contributed by atoms with E-state index in [1.165, 1.54) is 19.3 Å². The molecule has 1 atom stereocenters. The van der Waals surface area contributed by atoms with E-state index in [1.54, 1.807) is 0 Å². The first-order chi connectivity index (χ1) is 5.88. The predicted molar refractivity (Wildman–Crippen MR) is 49.7 cm³/mol. The highest BCUT2D eigenvalue weighted by molar-refractivity contribution is 5.00. The first-order valence-corrected chi connectivity index (χ1v) is 4.69. The fourth-order valence-corrected chi connectivity index (χ4v) is 1.72. The SMILES string of the molecule is C#C[C@H](CCO)N1CCCCC1. The van der Waals surface area contributed by atoms with Crippen LogP contribution < -0.4 is 0 Å². The zero-order chi connectivity index (χ0) is 8.81. The van der Waals surface area contributed by atoms with Gasteiger partial charge in [0.05, 0.1) is 6.04 Å². The second kappa shape index (κ2) is 5.18. The first-order valence-electron chi connectivity index (χ1n) is 4.69. The summed E-state index contributed by atoms with van der Waals surface area (Å²) in [6.07, 6.45) is 9.94. The van der Waals surface area contributed by atoms with Crippen molar-refractivity contribution in [2.24, 2.45) is 0 Å². The second-order valence-electron chi connectivity index (χ2n) is 3.29. The lowest BCUT2D eigenvalue weighted by atomic mass is 10.1. The quantitative estimate of drug-likeness (QED) is 0.630. The van der Waals surface area contributed by atoms with E-state index >= 15 is 0 Å². The lowest BCUT2D eigenvalue weighted by molar-refractivity contribution is 0.165. The largest absolute Gasteiger partial charge is 0.396 e. The Labute approximate surface area is 74.6 Å². The Morgan fingerprint density at radius 1 is 1.33 bits per heavy atom. The molecule has 1 saturated heterocycles. The maximum absolute atomic E-state index is 8.78. The van der Waals surface area contributed by atoms with Crippen LogP contribution in [0.5, 0.6) is 0 Å². The summed E-state index contributed by atoms with van der Waals surface area (Å²) in [5.74, 6) is 2.74. The van der Waals surface area contributed by atoms with E-state index in [9.17, 15) is 0 Å². The number of aliphatic hydroxyl groups excluding tert-OH is 1. The number of likely N-dealkylation sites (tertiary alicyclic amines) is 1. The van der Waals surface area contributed by atoms with Gasteiger partial charge in [-0.15, -0.1) is 6.42 Å². The minimum Gasteiger partial charge on any atom is -0.396 e. The van der Waals surface area contributed by atoms with Crippen molar-refractivity contribution in [3.63, 3.8) is 0 Å². The minimum atomic E-state index is 0.162. The molecule has 68 valence electrons. The molecule has 1 N–H and O–H groups in total. The fourth-order valence-electron chi connectivity index (χ4n) is 1.72. The molecule has 0 saturated carbocycles. The predicted octanol–water partition coefficient (Wildman–Crippen LogP) is 0.857. The van der Waals surface area contributed by atoms with Crippen LogP contribution in [0, 0.1) is 12.3 Å². The number of terminal acetylenes is 1. The van der Waals surface area contributed by atoms with Crippen molar-refractivity contribution in [2.75, 3.05) is 19.7 Å². The van der Waals surface area contributed by atoms with Gasteiger partial charge in [0.2, 0.25) is 0 Å². The summed E-state index contributed by atoms with van der Waals surface area (Å²) in [5, 5.41) is 8.78. The molecule has 1 aliphatic heterocycles. The lowest BCUT2D eigenvalue weighted by Gasteiger charge is -2.31. The smallest absolute Gasteiger partial charge is 0.0733 e. The van der Waals surface area contributed by atoms with E-state index in [0.29, 0.717) is 0 Å². The molecule has 0 aromatic carbocycles. The Morgan fingerprint density at radius 3 is 2.50 bits per heavy atom. The number of hydrogen-bond acceptors (Lipinski definition) is 2. The maximum Gasteiger partial charge on any atom is 0.0733 e. The topological polar surface area (TPSA) is 23.5 Å². The third-order valence-electron chi connectivity index (χ3n) is 2.43. The van der Waals surface area contributed by atoms with Crippen LogP contribution in [-0.2, 0) is 0 Å². The van der Waals surface area contributed by atoms with Crippen molar-refractivity contribution in [3.8, 4) is 12.3 Å². The van der Waals surface area contributed by atoms with E-state index in [0.717, 1.165) is 19.5 Å². The second-order valence-corrected chi connectivity index (χ2v) is 3.29. The molecule has 0 spiro atoms. The summed E-state index contributed by atoms with van der Waals surface area (Å²) < 4.78 is 0. The van der Waals surface area contributed by atoms with E-state index < -0.39 is 0 Å². The summed E-state index contributed by atoms with van der Waals surface area (Å²) in [5.41, 5.74) is 0. The van der Waals surface area contributed by atoms with E-state index in [-0.39, 0.29) is 12.6 Å². The van der Waals surface area contributed by atoms with Gasteiger partial charge in [-0.25, -0.2) is 0 Å². The Morgan fingerprint density at radius 2 is 2.00 bits per heavy atom. The molecule has 0 aromatic heterocycles. The molecule has 2 heteroatoms. The summed E-state index contributed by atoms with van der Waals surface area (Å²) in [7, 11) is 0. The summed E-state index contributed by atoms with van der Waals surface area (Å²) in [4.78, 5) is 2.31. The van der Waals surface area contributed by atoms with Crippen LogP contribution in [-0.4, -0.2) is 35.7 Å². The molecule has 1 fully saturated rings. The van der Waals surface area contributed by atoms with E-state index in [4.69, 9.17) is 11.5 Å². The van der Waals surface area contributed by atoms with Crippen molar-refractivity contribution in [1.29, 1.82) is 0 Å². The van der Waals surface area contributed by atoms with Gasteiger partial charge in [0.25, 0.3) is 0 Å². The molecule has 1 rings (SSSR count). The fraction of sp³-hybridized carbons (Fsp3) is 0.800. The zero-order valence-electron chi connectivity index (χ0n) is 7.50. The lowest BCUT2D eigenvalue weighted by Crippen LogP contribution is -2.38. The van der Waals surface area contributed by atoms with E-state index in [2.05, 4.69) is 10.8 Å². The normalized spacial score (nSPS) is 21.7. The van der Waals surface area contributed by atoms with E-state index in [1.807, 2.05) is 0 Å². The average molecular weight is 167 g/mol. The van der Waals surface area contributed by atoms with Gasteiger partial charge >= 0.3 is 0 Å². The Balaban J connectivity index is 2.36. The molecule has 1 heterocycles. The van der Waals surface area contributed by atoms with Crippen LogP contribution in [0.2, 0.25) is 0 Å². The van der Waals surface area contributed by atoms with Crippen LogP contribution in [0.1, 0.15) is 25.7 Å². The molecular formula is C10H17NO. The maximum atomic E-state index is 8.78. The van der Waals surface area contributed by atoms with Gasteiger partial charge in [-0.2, -0.15) is 0 Å². The molecule has 0 bridgehead atoms. The Bertz CT molecular complexity index is 156. The number of nitrogens with zero attached hydrogens (tertiary/aromatic N) is 1. The molecule has 2 nitrogen and oxygen atoms in total. The summed E-state index contributed by atoms with van der Waals surface area (Å²) in [6.45, 7) is 2.41. The standard InChI is InChI=1S/C10H17NO/c1-2-10(6-9-12)11-7-4-3-5-8-11/h1,10,12H,3-9H2/t10-/m1/s1. The summed E-state index contributed by atoms with van der Waals surface area (Å²) in [6, 6.07) is 0.162. The number of piperidine rings is 1. The van der Waals surface area contributed by atoms with Crippen molar-refractivity contribution in [1.82, 2.24) is 4.90 Å². The number of hydrogen-bond donors (Lipinski definition) is 1. The van der Waals surface area contributed by atoms with Gasteiger partial charge in [-0.3, -0.25) is 4.90 Å². The van der Waals surface area contributed by atoms with Crippen molar-refractivity contribution >= 4 is 0 Å². The molecule has 0 amide bonds. The Kier molecular flexibility index (Phi) is 4.13. The van der Waals surface area contributed by atoms with Gasteiger partial charge in [0.1, 0.15) is 0 Å². The first kappa shape index (κ1) is 9.57. The van der Waals surface area contributed by atoms with Crippen molar-refractivity contribution < 1.29 is 5.11 Å². The highest BCUT2D eigenvalue weighted by Gasteiger charge is 2.17. The molecular weight excluding hydrogens is 150 g/mol. The highest BCUT2D eigenvalue weighted by Crippen LogP contribution is 2.13. The monoisotopic (exact) mass is 167 g/mol. The van der Waals surface area contributed by atoms with Gasteiger partial charge in [-0.1, -0.05) is 12.3 Å². The van der Waals surface area contributed by atoms with Gasteiger partial charge in [0, 0.05) is 6.61 Å². The van der Waals surface area contributed by atoms with Crippen molar-refractivity contribution in [3.05, 3.63) is 0 Å².